The number of nitrogens with one attached hydrogen (secondary N) is 1. The molecule has 0 bridgehead atoms. The second-order valence-corrected chi connectivity index (χ2v) is 8.83. The average Bonchev–Trinajstić information content (AvgIpc) is 3.16. The summed E-state index contributed by atoms with van der Waals surface area (Å²) in [6.45, 7) is 6.01. The third kappa shape index (κ3) is 3.52. The summed E-state index contributed by atoms with van der Waals surface area (Å²) in [4.78, 5) is 0.728. The van der Waals surface area contributed by atoms with Crippen molar-refractivity contribution in [3.63, 3.8) is 0 Å². The van der Waals surface area contributed by atoms with Crippen molar-refractivity contribution >= 4 is 27.0 Å². The van der Waals surface area contributed by atoms with Gasteiger partial charge in [-0.05, 0) is 42.7 Å². The number of sulfonamides is 1. The lowest BCUT2D eigenvalue weighted by Gasteiger charge is -2.09. The number of nitrogens with zero attached hydrogens (tertiary/aromatic N) is 1. The van der Waals surface area contributed by atoms with Gasteiger partial charge in [-0.15, -0.1) is 11.3 Å². The van der Waals surface area contributed by atoms with E-state index in [1.165, 1.54) is 0 Å². The molecule has 0 radical (unpaired) electrons. The molecule has 0 aliphatic carbocycles. The Morgan fingerprint density at radius 3 is 2.42 bits per heavy atom. The van der Waals surface area contributed by atoms with Gasteiger partial charge in [-0.3, -0.25) is 4.72 Å². The smallest absolute Gasteiger partial charge is 0.271 e. The monoisotopic (exact) mass is 362 g/mol. The van der Waals surface area contributed by atoms with Crippen LogP contribution >= 0.6 is 11.3 Å². The van der Waals surface area contributed by atoms with Crippen LogP contribution in [0.1, 0.15) is 31.0 Å². The van der Waals surface area contributed by atoms with Gasteiger partial charge in [0.1, 0.15) is 4.21 Å². The molecule has 126 valence electrons. The number of anilines is 1. The first-order valence-electron chi connectivity index (χ1n) is 7.51. The Labute approximate surface area is 145 Å². The summed E-state index contributed by atoms with van der Waals surface area (Å²) < 4.78 is 33.1. The van der Waals surface area contributed by atoms with Gasteiger partial charge >= 0.3 is 0 Å². The molecule has 1 N–H and O–H groups in total. The number of rotatable bonds is 5. The van der Waals surface area contributed by atoms with E-state index in [0.717, 1.165) is 27.5 Å². The summed E-state index contributed by atoms with van der Waals surface area (Å²) in [5.41, 5.74) is 2.47. The topological polar surface area (TPSA) is 72.2 Å². The van der Waals surface area contributed by atoms with Crippen LogP contribution in [0.5, 0.6) is 0 Å². The molecule has 5 nitrogen and oxygen atoms in total. The molecular weight excluding hydrogens is 344 g/mol. The molecule has 0 atom stereocenters. The summed E-state index contributed by atoms with van der Waals surface area (Å²) in [6.07, 6.45) is 0. The summed E-state index contributed by atoms with van der Waals surface area (Å²) >= 11 is 1.15. The normalized spacial score (nSPS) is 11.8. The zero-order valence-electron chi connectivity index (χ0n) is 13.6. The summed E-state index contributed by atoms with van der Waals surface area (Å²) in [5, 5.41) is 3.82. The predicted octanol–water partition coefficient (Wildman–Crippen LogP) is 4.64. The van der Waals surface area contributed by atoms with Crippen molar-refractivity contribution in [2.24, 2.45) is 0 Å². The van der Waals surface area contributed by atoms with Crippen molar-refractivity contribution < 1.29 is 12.9 Å². The van der Waals surface area contributed by atoms with Crippen LogP contribution in [-0.2, 0) is 10.0 Å². The molecule has 7 heteroatoms. The lowest BCUT2D eigenvalue weighted by molar-refractivity contribution is 0.428. The molecule has 0 aliphatic heterocycles. The van der Waals surface area contributed by atoms with Crippen molar-refractivity contribution in [1.82, 2.24) is 5.16 Å². The fourth-order valence-corrected chi connectivity index (χ4v) is 4.53. The Balaban J connectivity index is 1.82. The second-order valence-electron chi connectivity index (χ2n) is 5.83. The molecule has 1 aromatic carbocycles. The first-order valence-corrected chi connectivity index (χ1v) is 9.81. The number of thiophene rings is 1. The minimum Gasteiger partial charge on any atom is -0.355 e. The van der Waals surface area contributed by atoms with Gasteiger partial charge in [-0.1, -0.05) is 31.1 Å². The highest BCUT2D eigenvalue weighted by atomic mass is 32.2. The van der Waals surface area contributed by atoms with Crippen molar-refractivity contribution in [2.75, 3.05) is 4.72 Å². The largest absolute Gasteiger partial charge is 0.355 e. The molecule has 0 saturated heterocycles. The molecule has 3 aromatic rings. The highest BCUT2D eigenvalue weighted by molar-refractivity contribution is 7.94. The van der Waals surface area contributed by atoms with E-state index in [4.69, 9.17) is 4.52 Å². The van der Waals surface area contributed by atoms with Gasteiger partial charge in [0.05, 0.1) is 10.6 Å². The first kappa shape index (κ1) is 16.7. The average molecular weight is 362 g/mol. The number of aromatic nitrogens is 1. The van der Waals surface area contributed by atoms with Crippen molar-refractivity contribution in [3.05, 3.63) is 53.7 Å². The van der Waals surface area contributed by atoms with Crippen LogP contribution in [-0.4, -0.2) is 13.6 Å². The van der Waals surface area contributed by atoms with Crippen LogP contribution in [0, 0.1) is 6.92 Å². The Morgan fingerprint density at radius 2 is 1.83 bits per heavy atom. The Morgan fingerprint density at radius 1 is 1.12 bits per heavy atom. The van der Waals surface area contributed by atoms with Crippen molar-refractivity contribution in [1.29, 1.82) is 0 Å². The molecule has 0 saturated carbocycles. The molecule has 0 fully saturated rings. The molecule has 2 aromatic heterocycles. The Kier molecular flexibility index (Phi) is 4.47. The van der Waals surface area contributed by atoms with Gasteiger partial charge in [0.15, 0.2) is 5.76 Å². The van der Waals surface area contributed by atoms with Crippen LogP contribution in [0.4, 0.5) is 5.69 Å². The van der Waals surface area contributed by atoms with E-state index in [2.05, 4.69) is 23.7 Å². The van der Waals surface area contributed by atoms with Gasteiger partial charge in [0, 0.05) is 11.8 Å². The number of benzene rings is 1. The summed E-state index contributed by atoms with van der Waals surface area (Å²) in [5.74, 6) is 0.973. The molecule has 2 heterocycles. The Bertz CT molecular complexity index is 938. The zero-order chi connectivity index (χ0) is 17.3. The van der Waals surface area contributed by atoms with E-state index in [-0.39, 0.29) is 4.21 Å². The summed E-state index contributed by atoms with van der Waals surface area (Å²) in [7, 11) is -3.62. The van der Waals surface area contributed by atoms with Crippen molar-refractivity contribution in [2.45, 2.75) is 30.9 Å². The van der Waals surface area contributed by atoms with E-state index < -0.39 is 10.0 Å². The third-order valence-corrected chi connectivity index (χ3v) is 6.52. The third-order valence-electron chi connectivity index (χ3n) is 3.55. The van der Waals surface area contributed by atoms with Gasteiger partial charge < -0.3 is 4.52 Å². The SMILES string of the molecule is Cc1cc(-c2ccc(S(=O)(=O)Nc3ccc(C(C)C)cc3)s2)on1. The van der Waals surface area contributed by atoms with E-state index in [9.17, 15) is 8.42 Å². The molecule has 0 amide bonds. The molecule has 0 unspecified atom stereocenters. The molecule has 3 rings (SSSR count). The molecular formula is C17H18N2O3S2. The van der Waals surface area contributed by atoms with E-state index in [0.29, 0.717) is 17.4 Å². The predicted molar refractivity (Wildman–Crippen MR) is 95.9 cm³/mol. The van der Waals surface area contributed by atoms with Crippen LogP contribution in [0.15, 0.2) is 51.2 Å². The second kappa shape index (κ2) is 6.41. The minimum absolute atomic E-state index is 0.236. The highest BCUT2D eigenvalue weighted by Crippen LogP contribution is 2.32. The van der Waals surface area contributed by atoms with Crippen LogP contribution in [0.25, 0.3) is 10.6 Å². The fourth-order valence-electron chi connectivity index (χ4n) is 2.22. The zero-order valence-corrected chi connectivity index (χ0v) is 15.2. The van der Waals surface area contributed by atoms with Crippen molar-refractivity contribution in [3.8, 4) is 10.6 Å². The molecule has 0 spiro atoms. The number of hydrogen-bond acceptors (Lipinski definition) is 5. The maximum atomic E-state index is 12.5. The van der Waals surface area contributed by atoms with Crippen LogP contribution < -0.4 is 4.72 Å². The number of aryl methyl sites for hydroxylation is 1. The van der Waals surface area contributed by atoms with E-state index in [1.54, 1.807) is 30.3 Å². The van der Waals surface area contributed by atoms with Gasteiger partial charge in [-0.25, -0.2) is 8.42 Å². The number of hydrogen-bond donors (Lipinski definition) is 1. The molecule has 0 aliphatic rings. The quantitative estimate of drug-likeness (QED) is 0.718. The van der Waals surface area contributed by atoms with Gasteiger partial charge in [0.25, 0.3) is 10.0 Å². The van der Waals surface area contributed by atoms with E-state index >= 15 is 0 Å². The molecule has 24 heavy (non-hydrogen) atoms. The van der Waals surface area contributed by atoms with Crippen LogP contribution in [0.2, 0.25) is 0 Å². The fraction of sp³-hybridized carbons (Fsp3) is 0.235. The van der Waals surface area contributed by atoms with Gasteiger partial charge in [-0.2, -0.15) is 0 Å². The maximum absolute atomic E-state index is 12.5. The van der Waals surface area contributed by atoms with Gasteiger partial charge in [0.2, 0.25) is 0 Å². The van der Waals surface area contributed by atoms with Crippen LogP contribution in [0.3, 0.4) is 0 Å². The first-order chi connectivity index (χ1) is 11.3. The van der Waals surface area contributed by atoms with E-state index in [1.807, 2.05) is 19.1 Å². The highest BCUT2D eigenvalue weighted by Gasteiger charge is 2.19. The lowest BCUT2D eigenvalue weighted by atomic mass is 10.0. The minimum atomic E-state index is -3.62. The summed E-state index contributed by atoms with van der Waals surface area (Å²) in [6, 6.07) is 12.5. The lowest BCUT2D eigenvalue weighted by Crippen LogP contribution is -2.11. The standard InChI is InChI=1S/C17H18N2O3S2/c1-11(2)13-4-6-14(7-5-13)19-24(20,21)17-9-8-16(23-17)15-10-12(3)18-22-15/h4-11,19H,1-3H3. The maximum Gasteiger partial charge on any atom is 0.271 e. The Hall–Kier alpha value is -2.12.